The maximum Gasteiger partial charge on any atom is 0.136 e. The lowest BCUT2D eigenvalue weighted by atomic mass is 9.93. The van der Waals surface area contributed by atoms with Gasteiger partial charge in [-0.25, -0.2) is 0 Å². The van der Waals surface area contributed by atoms with Crippen LogP contribution in [0.2, 0.25) is 5.02 Å². The average molecular weight is 330 g/mol. The van der Waals surface area contributed by atoms with E-state index in [9.17, 15) is 25.5 Å². The quantitative estimate of drug-likeness (QED) is 0.507. The standard InChI is InChI=1S/C15H20ClNO5/c16-10-5-1-3-9(7-10)4-2-6-17-11(8-18)12(19)13(20)14(21)15(17)22/h1-5,7,11-15,18-22H,6,8H2/b4-2+/t11-,12-,13+,14-,15?/m1/s1. The number of benzene rings is 1. The average Bonchev–Trinajstić information content (AvgIpc) is 2.50. The van der Waals surface area contributed by atoms with Gasteiger partial charge in [0.15, 0.2) is 0 Å². The first-order valence-corrected chi connectivity index (χ1v) is 7.34. The molecule has 2 rings (SSSR count). The number of hydrogen-bond donors (Lipinski definition) is 5. The van der Waals surface area contributed by atoms with Crippen LogP contribution in [0, 0.1) is 0 Å². The molecule has 0 radical (unpaired) electrons. The maximum atomic E-state index is 10.0. The fourth-order valence-electron chi connectivity index (χ4n) is 2.57. The van der Waals surface area contributed by atoms with Crippen molar-refractivity contribution in [2.24, 2.45) is 0 Å². The number of aliphatic hydroxyl groups is 5. The minimum Gasteiger partial charge on any atom is -0.395 e. The Labute approximate surface area is 133 Å². The summed E-state index contributed by atoms with van der Waals surface area (Å²) in [5.41, 5.74) is 0.862. The number of aliphatic hydroxyl groups excluding tert-OH is 5. The Balaban J connectivity index is 2.09. The highest BCUT2D eigenvalue weighted by Gasteiger charge is 2.46. The third-order valence-electron chi connectivity index (χ3n) is 3.83. The van der Waals surface area contributed by atoms with Gasteiger partial charge in [-0.1, -0.05) is 35.9 Å². The largest absolute Gasteiger partial charge is 0.395 e. The third kappa shape index (κ3) is 3.67. The van der Waals surface area contributed by atoms with Crippen LogP contribution in [0.25, 0.3) is 6.08 Å². The molecule has 1 saturated heterocycles. The molecular formula is C15H20ClNO5. The molecule has 6 nitrogen and oxygen atoms in total. The van der Waals surface area contributed by atoms with E-state index < -0.39 is 37.2 Å². The molecule has 1 aliphatic heterocycles. The van der Waals surface area contributed by atoms with Crippen LogP contribution in [-0.4, -0.2) is 74.2 Å². The van der Waals surface area contributed by atoms with E-state index >= 15 is 0 Å². The Morgan fingerprint density at radius 2 is 1.82 bits per heavy atom. The lowest BCUT2D eigenvalue weighted by Gasteiger charge is -2.46. The predicted molar refractivity (Wildman–Crippen MR) is 82.1 cm³/mol. The highest BCUT2D eigenvalue weighted by Crippen LogP contribution is 2.23. The zero-order chi connectivity index (χ0) is 16.3. The molecule has 1 aromatic rings. The predicted octanol–water partition coefficient (Wildman–Crippen LogP) is -0.569. The summed E-state index contributed by atoms with van der Waals surface area (Å²) in [6, 6.07) is 6.31. The van der Waals surface area contributed by atoms with Crippen LogP contribution in [0.15, 0.2) is 30.3 Å². The molecule has 5 atom stereocenters. The summed E-state index contributed by atoms with van der Waals surface area (Å²) in [5.74, 6) is 0. The molecule has 122 valence electrons. The van der Waals surface area contributed by atoms with Crippen molar-refractivity contribution in [1.82, 2.24) is 4.90 Å². The molecule has 22 heavy (non-hydrogen) atoms. The molecule has 0 saturated carbocycles. The molecule has 0 spiro atoms. The second-order valence-corrected chi connectivity index (χ2v) is 5.73. The number of halogens is 1. The first kappa shape index (κ1) is 17.4. The molecule has 0 bridgehead atoms. The minimum atomic E-state index is -1.50. The Kier molecular flexibility index (Phi) is 5.94. The summed E-state index contributed by atoms with van der Waals surface area (Å²) in [6.07, 6.45) is -2.23. The first-order valence-electron chi connectivity index (χ1n) is 6.96. The zero-order valence-corrected chi connectivity index (χ0v) is 12.6. The zero-order valence-electron chi connectivity index (χ0n) is 11.8. The molecule has 1 heterocycles. The van der Waals surface area contributed by atoms with Crippen molar-refractivity contribution in [3.63, 3.8) is 0 Å². The van der Waals surface area contributed by atoms with Crippen LogP contribution in [0.4, 0.5) is 0 Å². The maximum absolute atomic E-state index is 10.0. The summed E-state index contributed by atoms with van der Waals surface area (Å²) in [7, 11) is 0. The van der Waals surface area contributed by atoms with Gasteiger partial charge >= 0.3 is 0 Å². The lowest BCUT2D eigenvalue weighted by Crippen LogP contribution is -2.67. The van der Waals surface area contributed by atoms with Gasteiger partial charge < -0.3 is 25.5 Å². The van der Waals surface area contributed by atoms with E-state index in [0.717, 1.165) is 5.56 Å². The van der Waals surface area contributed by atoms with Crippen LogP contribution in [0.1, 0.15) is 5.56 Å². The minimum absolute atomic E-state index is 0.180. The van der Waals surface area contributed by atoms with Gasteiger partial charge in [-0.3, -0.25) is 4.90 Å². The van der Waals surface area contributed by atoms with Gasteiger partial charge in [-0.2, -0.15) is 0 Å². The number of likely N-dealkylation sites (tertiary alicyclic amines) is 1. The molecule has 1 aromatic carbocycles. The van der Waals surface area contributed by atoms with Gasteiger partial charge in [-0.15, -0.1) is 0 Å². The molecular weight excluding hydrogens is 310 g/mol. The van der Waals surface area contributed by atoms with E-state index in [-0.39, 0.29) is 6.54 Å². The second kappa shape index (κ2) is 7.52. The van der Waals surface area contributed by atoms with Gasteiger partial charge in [0.1, 0.15) is 24.5 Å². The van der Waals surface area contributed by atoms with Crippen LogP contribution in [0.5, 0.6) is 0 Å². The van der Waals surface area contributed by atoms with Crippen molar-refractivity contribution >= 4 is 17.7 Å². The molecule has 5 N–H and O–H groups in total. The van der Waals surface area contributed by atoms with Crippen molar-refractivity contribution < 1.29 is 25.5 Å². The van der Waals surface area contributed by atoms with Crippen molar-refractivity contribution in [3.05, 3.63) is 40.9 Å². The molecule has 0 amide bonds. The van der Waals surface area contributed by atoms with Gasteiger partial charge in [0.25, 0.3) is 0 Å². The van der Waals surface area contributed by atoms with Crippen LogP contribution in [0.3, 0.4) is 0 Å². The molecule has 7 heteroatoms. The number of hydrogen-bond acceptors (Lipinski definition) is 6. The third-order valence-corrected chi connectivity index (χ3v) is 4.06. The summed E-state index contributed by atoms with van der Waals surface area (Å²) in [5, 5.41) is 49.2. The SMILES string of the molecule is OC[C@@H]1[C@@H](O)[C@H](O)[C@@H](O)C(O)N1C/C=C/c1cccc(Cl)c1. The van der Waals surface area contributed by atoms with E-state index in [1.807, 2.05) is 6.07 Å². The lowest BCUT2D eigenvalue weighted by molar-refractivity contribution is -0.219. The summed E-state index contributed by atoms with van der Waals surface area (Å²) in [6.45, 7) is -0.271. The first-order chi connectivity index (χ1) is 10.5. The molecule has 1 unspecified atom stereocenters. The van der Waals surface area contributed by atoms with E-state index in [1.165, 1.54) is 4.90 Å². The number of piperidine rings is 1. The van der Waals surface area contributed by atoms with Crippen molar-refractivity contribution in [3.8, 4) is 0 Å². The van der Waals surface area contributed by atoms with E-state index in [4.69, 9.17) is 11.6 Å². The smallest absolute Gasteiger partial charge is 0.136 e. The fraction of sp³-hybridized carbons (Fsp3) is 0.467. The summed E-state index contributed by atoms with van der Waals surface area (Å²) >= 11 is 5.88. The molecule has 0 aromatic heterocycles. The van der Waals surface area contributed by atoms with Crippen molar-refractivity contribution in [2.75, 3.05) is 13.2 Å². The van der Waals surface area contributed by atoms with E-state index in [1.54, 1.807) is 30.4 Å². The van der Waals surface area contributed by atoms with E-state index in [2.05, 4.69) is 0 Å². The van der Waals surface area contributed by atoms with Crippen molar-refractivity contribution in [2.45, 2.75) is 30.6 Å². The Morgan fingerprint density at radius 1 is 1.09 bits per heavy atom. The Hall–Kier alpha value is -0.990. The van der Waals surface area contributed by atoms with Gasteiger partial charge in [0.2, 0.25) is 0 Å². The summed E-state index contributed by atoms with van der Waals surface area (Å²) in [4.78, 5) is 1.34. The number of nitrogens with zero attached hydrogens (tertiary/aromatic N) is 1. The summed E-state index contributed by atoms with van der Waals surface area (Å²) < 4.78 is 0. The Bertz CT molecular complexity index is 526. The van der Waals surface area contributed by atoms with Gasteiger partial charge in [0.05, 0.1) is 12.6 Å². The molecule has 1 aliphatic rings. The number of rotatable bonds is 4. The Morgan fingerprint density at radius 3 is 2.45 bits per heavy atom. The van der Waals surface area contributed by atoms with Crippen LogP contribution < -0.4 is 0 Å². The highest BCUT2D eigenvalue weighted by molar-refractivity contribution is 6.30. The second-order valence-electron chi connectivity index (χ2n) is 5.29. The van der Waals surface area contributed by atoms with Crippen LogP contribution in [-0.2, 0) is 0 Å². The van der Waals surface area contributed by atoms with Crippen molar-refractivity contribution in [1.29, 1.82) is 0 Å². The molecule has 1 fully saturated rings. The normalized spacial score (nSPS) is 33.5. The van der Waals surface area contributed by atoms with Crippen LogP contribution >= 0.6 is 11.6 Å². The molecule has 0 aliphatic carbocycles. The van der Waals surface area contributed by atoms with Gasteiger partial charge in [-0.05, 0) is 17.7 Å². The van der Waals surface area contributed by atoms with Gasteiger partial charge in [0, 0.05) is 11.6 Å². The van der Waals surface area contributed by atoms with E-state index in [0.29, 0.717) is 5.02 Å². The fourth-order valence-corrected chi connectivity index (χ4v) is 2.77. The highest BCUT2D eigenvalue weighted by atomic mass is 35.5. The monoisotopic (exact) mass is 329 g/mol. The topological polar surface area (TPSA) is 104 Å².